The Labute approximate surface area is 217 Å². The average Bonchev–Trinajstić information content (AvgIpc) is 3.24. The minimum Gasteiger partial charge on any atom is -0.325 e. The number of benzene rings is 3. The fourth-order valence-corrected chi connectivity index (χ4v) is 5.33. The zero-order chi connectivity index (χ0) is 25.8. The second kappa shape index (κ2) is 10.8. The van der Waals surface area contributed by atoms with E-state index in [-0.39, 0.29) is 11.7 Å². The second-order valence-corrected chi connectivity index (χ2v) is 11.3. The lowest BCUT2D eigenvalue weighted by molar-refractivity contribution is -0.115. The van der Waals surface area contributed by atoms with Crippen LogP contribution >= 0.6 is 0 Å². The van der Waals surface area contributed by atoms with Crippen molar-refractivity contribution < 1.29 is 13.2 Å². The Kier molecular flexibility index (Phi) is 7.36. The van der Waals surface area contributed by atoms with Gasteiger partial charge < -0.3 is 10.6 Å². The maximum atomic E-state index is 13.2. The zero-order valence-corrected chi connectivity index (χ0v) is 21.6. The van der Waals surface area contributed by atoms with Gasteiger partial charge in [0.1, 0.15) is 5.92 Å². The van der Waals surface area contributed by atoms with Crippen molar-refractivity contribution >= 4 is 38.7 Å². The lowest BCUT2D eigenvalue weighted by Crippen LogP contribution is -2.42. The van der Waals surface area contributed by atoms with Crippen LogP contribution in [0.15, 0.2) is 77.8 Å². The molecule has 8 nitrogen and oxygen atoms in total. The van der Waals surface area contributed by atoms with Crippen LogP contribution in [0.4, 0.5) is 17.1 Å². The molecule has 1 amide bonds. The van der Waals surface area contributed by atoms with Crippen LogP contribution < -0.4 is 15.4 Å². The van der Waals surface area contributed by atoms with Crippen molar-refractivity contribution in [3.8, 4) is 0 Å². The van der Waals surface area contributed by atoms with E-state index in [4.69, 9.17) is 4.99 Å². The summed E-state index contributed by atoms with van der Waals surface area (Å²) in [5, 5.41) is 6.31. The Balaban J connectivity index is 1.49. The number of rotatable bonds is 8. The molecule has 0 saturated carbocycles. The smallest absolute Gasteiger partial charge is 0.238 e. The number of piperazine rings is 1. The molecular weight excluding hydrogens is 486 g/mol. The van der Waals surface area contributed by atoms with E-state index in [1.807, 2.05) is 42.5 Å². The van der Waals surface area contributed by atoms with Crippen LogP contribution in [0.1, 0.15) is 29.5 Å². The van der Waals surface area contributed by atoms with Gasteiger partial charge in [-0.2, -0.15) is 0 Å². The molecule has 3 aromatic carbocycles. The molecule has 0 radical (unpaired) electrons. The van der Waals surface area contributed by atoms with Crippen molar-refractivity contribution in [2.45, 2.75) is 19.4 Å². The molecule has 37 heavy (non-hydrogen) atoms. The average molecular weight is 518 g/mol. The topological polar surface area (TPSA) is 103 Å². The molecule has 1 atom stereocenters. The summed E-state index contributed by atoms with van der Waals surface area (Å²) in [6.07, 6.45) is 0. The van der Waals surface area contributed by atoms with Crippen LogP contribution in [0.2, 0.25) is 0 Å². The predicted molar refractivity (Wildman–Crippen MR) is 148 cm³/mol. The van der Waals surface area contributed by atoms with Gasteiger partial charge in [0, 0.05) is 44.1 Å². The Bertz CT molecular complexity index is 1400. The van der Waals surface area contributed by atoms with Gasteiger partial charge in [0.2, 0.25) is 15.9 Å². The van der Waals surface area contributed by atoms with E-state index in [0.29, 0.717) is 22.6 Å². The van der Waals surface area contributed by atoms with Gasteiger partial charge in [-0.05, 0) is 53.9 Å². The zero-order valence-electron chi connectivity index (χ0n) is 20.8. The highest BCUT2D eigenvalue weighted by Crippen LogP contribution is 2.38. The van der Waals surface area contributed by atoms with Gasteiger partial charge in [0.15, 0.2) is 0 Å². The second-order valence-electron chi connectivity index (χ2n) is 9.29. The first-order chi connectivity index (χ1) is 17.9. The summed E-state index contributed by atoms with van der Waals surface area (Å²) in [5.74, 6) is -0.904. The summed E-state index contributed by atoms with van der Waals surface area (Å²) in [4.78, 5) is 20.6. The molecule has 1 unspecified atom stereocenters. The van der Waals surface area contributed by atoms with E-state index in [9.17, 15) is 13.2 Å². The van der Waals surface area contributed by atoms with E-state index < -0.39 is 15.9 Å². The third kappa shape index (κ3) is 5.90. The Morgan fingerprint density at radius 2 is 1.76 bits per heavy atom. The van der Waals surface area contributed by atoms with Crippen molar-refractivity contribution in [3.63, 3.8) is 0 Å². The molecule has 9 heteroatoms. The Hall–Kier alpha value is -3.53. The van der Waals surface area contributed by atoms with Crippen LogP contribution in [0.3, 0.4) is 0 Å². The summed E-state index contributed by atoms with van der Waals surface area (Å²) in [6, 6.07) is 22.9. The van der Waals surface area contributed by atoms with Gasteiger partial charge in [-0.1, -0.05) is 42.5 Å². The molecule has 3 aromatic rings. The number of aliphatic imine (C=N–C) groups is 1. The van der Waals surface area contributed by atoms with Crippen LogP contribution in [-0.4, -0.2) is 56.9 Å². The maximum absolute atomic E-state index is 13.2. The lowest BCUT2D eigenvalue weighted by atomic mass is 9.90. The van der Waals surface area contributed by atoms with Crippen molar-refractivity contribution in [3.05, 3.63) is 89.5 Å². The van der Waals surface area contributed by atoms with Gasteiger partial charge >= 0.3 is 0 Å². The Morgan fingerprint density at radius 3 is 2.46 bits per heavy atom. The van der Waals surface area contributed by atoms with Crippen molar-refractivity contribution in [1.82, 2.24) is 10.2 Å². The van der Waals surface area contributed by atoms with E-state index >= 15 is 0 Å². The third-order valence-corrected chi connectivity index (χ3v) is 7.99. The van der Waals surface area contributed by atoms with Gasteiger partial charge in [-0.3, -0.25) is 19.4 Å². The predicted octanol–water partition coefficient (Wildman–Crippen LogP) is 3.71. The minimum atomic E-state index is -3.45. The number of anilines is 2. The van der Waals surface area contributed by atoms with Crippen LogP contribution in [0.25, 0.3) is 0 Å². The third-order valence-electron chi connectivity index (χ3n) is 6.68. The van der Waals surface area contributed by atoms with E-state index in [1.54, 1.807) is 25.1 Å². The van der Waals surface area contributed by atoms with E-state index in [2.05, 4.69) is 32.4 Å². The summed E-state index contributed by atoms with van der Waals surface area (Å²) in [7, 11) is -3.45. The number of nitrogens with one attached hydrogen (secondary N) is 3. The number of fused-ring (bicyclic) bond motifs is 1. The molecule has 1 saturated heterocycles. The Morgan fingerprint density at radius 1 is 1.03 bits per heavy atom. The monoisotopic (exact) mass is 517 g/mol. The number of sulfonamides is 1. The number of amides is 1. The molecule has 0 bridgehead atoms. The SMILES string of the molecule is CCS(=O)(=O)Nc1ccc2c(c1)C(C(=Nc1ccc(CN3CCNCC3)cc1)c1ccccc1)C(=O)N2. The highest BCUT2D eigenvalue weighted by Gasteiger charge is 2.35. The number of hydrogen-bond acceptors (Lipinski definition) is 6. The highest BCUT2D eigenvalue weighted by atomic mass is 32.2. The number of nitrogens with zero attached hydrogens (tertiary/aromatic N) is 2. The molecule has 192 valence electrons. The molecule has 2 aliphatic heterocycles. The molecule has 0 aromatic heterocycles. The molecule has 0 aliphatic carbocycles. The van der Waals surface area contributed by atoms with Gasteiger partial charge in [0.05, 0.1) is 17.2 Å². The first-order valence-electron chi connectivity index (χ1n) is 12.5. The summed E-state index contributed by atoms with van der Waals surface area (Å²) >= 11 is 0. The van der Waals surface area contributed by atoms with E-state index in [0.717, 1.165) is 44.0 Å². The molecule has 0 spiro atoms. The summed E-state index contributed by atoms with van der Waals surface area (Å²) < 4.78 is 26.9. The first-order valence-corrected chi connectivity index (χ1v) is 14.2. The summed E-state index contributed by atoms with van der Waals surface area (Å²) in [5.41, 5.74) is 5.20. The van der Waals surface area contributed by atoms with E-state index in [1.165, 1.54) is 5.56 Å². The molecule has 5 rings (SSSR count). The van der Waals surface area contributed by atoms with Crippen LogP contribution in [0, 0.1) is 0 Å². The maximum Gasteiger partial charge on any atom is 0.238 e. The minimum absolute atomic E-state index is 0.0357. The van der Waals surface area contributed by atoms with Crippen molar-refractivity contribution in [2.75, 3.05) is 42.0 Å². The normalized spacial score (nSPS) is 18.4. The summed E-state index contributed by atoms with van der Waals surface area (Å²) in [6.45, 7) is 6.56. The van der Waals surface area contributed by atoms with Crippen LogP contribution in [0.5, 0.6) is 0 Å². The first kappa shape index (κ1) is 25.1. The molecule has 3 N–H and O–H groups in total. The van der Waals surface area contributed by atoms with Crippen LogP contribution in [-0.2, 0) is 21.4 Å². The molecular formula is C28H31N5O3S. The lowest BCUT2D eigenvalue weighted by Gasteiger charge is -2.27. The molecule has 1 fully saturated rings. The van der Waals surface area contributed by atoms with Gasteiger partial charge in [-0.15, -0.1) is 0 Å². The van der Waals surface area contributed by atoms with Crippen molar-refractivity contribution in [2.24, 2.45) is 4.99 Å². The molecule has 2 aliphatic rings. The number of hydrogen-bond donors (Lipinski definition) is 3. The quantitative estimate of drug-likeness (QED) is 0.396. The highest BCUT2D eigenvalue weighted by molar-refractivity contribution is 7.92. The van der Waals surface area contributed by atoms with Crippen molar-refractivity contribution in [1.29, 1.82) is 0 Å². The number of carbonyl (C=O) groups excluding carboxylic acids is 1. The van der Waals surface area contributed by atoms with Gasteiger partial charge in [0.25, 0.3) is 0 Å². The molecule has 2 heterocycles. The largest absolute Gasteiger partial charge is 0.325 e. The van der Waals surface area contributed by atoms with Gasteiger partial charge in [-0.25, -0.2) is 8.42 Å². The number of carbonyl (C=O) groups is 1. The fourth-order valence-electron chi connectivity index (χ4n) is 4.70. The standard InChI is InChI=1S/C28H31N5O3S/c1-2-37(35,36)32-23-12-13-25-24(18-23)26(28(34)31-25)27(21-6-4-3-5-7-21)30-22-10-8-20(9-11-22)19-33-16-14-29-15-17-33/h3-13,18,26,29,32H,2,14-17,19H2,1H3,(H,31,34). The fraction of sp³-hybridized carbons (Fsp3) is 0.286.